The minimum atomic E-state index is 0.0616. The lowest BCUT2D eigenvalue weighted by molar-refractivity contribution is 0.642. The van der Waals surface area contributed by atoms with E-state index in [-0.39, 0.29) is 5.41 Å². The molecule has 0 N–H and O–H groups in total. The van der Waals surface area contributed by atoms with Gasteiger partial charge in [0.15, 0.2) is 0 Å². The lowest BCUT2D eigenvalue weighted by atomic mass is 9.86. The van der Waals surface area contributed by atoms with Gasteiger partial charge in [-0.2, -0.15) is 5.10 Å². The maximum absolute atomic E-state index is 4.54. The molecule has 1 aromatic heterocycles. The van der Waals surface area contributed by atoms with Crippen LogP contribution in [0.5, 0.6) is 0 Å². The van der Waals surface area contributed by atoms with Crippen molar-refractivity contribution >= 4 is 11.9 Å². The van der Waals surface area contributed by atoms with Gasteiger partial charge in [-0.3, -0.25) is 9.67 Å². The molecule has 2 aliphatic rings. The molecule has 3 nitrogen and oxygen atoms in total. The molecule has 0 radical (unpaired) electrons. The summed E-state index contributed by atoms with van der Waals surface area (Å²) in [5, 5.41) is 4.45. The van der Waals surface area contributed by atoms with Gasteiger partial charge in [0.25, 0.3) is 0 Å². The zero-order valence-corrected chi connectivity index (χ0v) is 11.3. The van der Waals surface area contributed by atoms with Crippen molar-refractivity contribution in [1.82, 2.24) is 9.78 Å². The predicted octanol–water partition coefficient (Wildman–Crippen LogP) is 3.88. The summed E-state index contributed by atoms with van der Waals surface area (Å²) in [6.07, 6.45) is 8.69. The molecule has 1 saturated carbocycles. The molecule has 19 heavy (non-hydrogen) atoms. The molecular weight excluding hydrogens is 234 g/mol. The third-order valence-corrected chi connectivity index (χ3v) is 4.07. The molecule has 0 unspecified atom stereocenters. The summed E-state index contributed by atoms with van der Waals surface area (Å²) in [6, 6.07) is 7.20. The number of benzene rings is 1. The molecule has 0 spiro atoms. The molecule has 4 rings (SSSR count). The third-order valence-electron chi connectivity index (χ3n) is 4.07. The van der Waals surface area contributed by atoms with E-state index in [2.05, 4.69) is 53.0 Å². The van der Waals surface area contributed by atoms with Crippen LogP contribution in [0.4, 0.5) is 5.69 Å². The second-order valence-electron chi connectivity index (χ2n) is 6.15. The summed E-state index contributed by atoms with van der Waals surface area (Å²) in [7, 11) is 0. The van der Waals surface area contributed by atoms with Crippen molar-refractivity contribution in [1.29, 1.82) is 0 Å². The quantitative estimate of drug-likeness (QED) is 0.796. The van der Waals surface area contributed by atoms with Crippen LogP contribution in [-0.4, -0.2) is 16.0 Å². The minimum Gasteiger partial charge on any atom is -0.269 e. The highest BCUT2D eigenvalue weighted by Gasteiger charge is 2.27. The van der Waals surface area contributed by atoms with Crippen molar-refractivity contribution in [2.75, 3.05) is 0 Å². The Morgan fingerprint density at radius 1 is 1.21 bits per heavy atom. The molecule has 0 atom stereocenters. The fraction of sp³-hybridized carbons (Fsp3) is 0.375. The van der Waals surface area contributed by atoms with Gasteiger partial charge < -0.3 is 0 Å². The molecule has 0 saturated heterocycles. The van der Waals surface area contributed by atoms with E-state index >= 15 is 0 Å². The summed E-state index contributed by atoms with van der Waals surface area (Å²) < 4.78 is 2.09. The van der Waals surface area contributed by atoms with Crippen molar-refractivity contribution in [3.05, 3.63) is 36.2 Å². The first kappa shape index (κ1) is 11.0. The van der Waals surface area contributed by atoms with Crippen LogP contribution in [0.1, 0.15) is 38.3 Å². The third kappa shape index (κ3) is 1.72. The van der Waals surface area contributed by atoms with Gasteiger partial charge in [-0.15, -0.1) is 0 Å². The molecule has 0 bridgehead atoms. The lowest BCUT2D eigenvalue weighted by Crippen LogP contribution is -2.14. The number of nitrogens with zero attached hydrogens (tertiary/aromatic N) is 3. The van der Waals surface area contributed by atoms with E-state index in [1.54, 1.807) is 0 Å². The summed E-state index contributed by atoms with van der Waals surface area (Å²) >= 11 is 0. The summed E-state index contributed by atoms with van der Waals surface area (Å²) in [6.45, 7) is 4.40. The summed E-state index contributed by atoms with van der Waals surface area (Å²) in [4.78, 5) is 4.54. The van der Waals surface area contributed by atoms with Crippen LogP contribution in [0.15, 0.2) is 35.6 Å². The highest BCUT2D eigenvalue weighted by atomic mass is 15.3. The van der Waals surface area contributed by atoms with E-state index in [4.69, 9.17) is 0 Å². The molecule has 2 heterocycles. The van der Waals surface area contributed by atoms with Gasteiger partial charge in [0.1, 0.15) is 0 Å². The highest BCUT2D eigenvalue weighted by Crippen LogP contribution is 2.39. The van der Waals surface area contributed by atoms with E-state index in [0.29, 0.717) is 6.04 Å². The standard InChI is InChI=1S/C16H17N3/c1-16(2)10-17-15-7-11(3-6-14(15)16)12-8-18-19(9-12)13-4-5-13/h3,6-10,13H,4-5H2,1-2H3. The second-order valence-corrected chi connectivity index (χ2v) is 6.15. The molecular formula is C16H17N3. The zero-order valence-electron chi connectivity index (χ0n) is 11.3. The van der Waals surface area contributed by atoms with Gasteiger partial charge in [-0.05, 0) is 30.0 Å². The fourth-order valence-corrected chi connectivity index (χ4v) is 2.69. The zero-order chi connectivity index (χ0) is 13.0. The number of aromatic nitrogens is 2. The van der Waals surface area contributed by atoms with Crippen molar-refractivity contribution in [3.8, 4) is 11.1 Å². The molecule has 1 aromatic carbocycles. The van der Waals surface area contributed by atoms with Gasteiger partial charge in [0.05, 0.1) is 17.9 Å². The fourth-order valence-electron chi connectivity index (χ4n) is 2.69. The first-order valence-electron chi connectivity index (χ1n) is 6.88. The van der Waals surface area contributed by atoms with Gasteiger partial charge in [-0.25, -0.2) is 0 Å². The highest BCUT2D eigenvalue weighted by molar-refractivity contribution is 5.86. The Balaban J connectivity index is 1.74. The molecule has 0 amide bonds. The number of fused-ring (bicyclic) bond motifs is 1. The Morgan fingerprint density at radius 2 is 2.05 bits per heavy atom. The Hall–Kier alpha value is -1.90. The minimum absolute atomic E-state index is 0.0616. The Labute approximate surface area is 113 Å². The maximum atomic E-state index is 4.54. The summed E-state index contributed by atoms with van der Waals surface area (Å²) in [5.74, 6) is 0. The van der Waals surface area contributed by atoms with E-state index < -0.39 is 0 Å². The molecule has 1 aliphatic carbocycles. The average Bonchev–Trinajstić information content (AvgIpc) is 3.05. The van der Waals surface area contributed by atoms with Gasteiger partial charge in [0, 0.05) is 23.4 Å². The van der Waals surface area contributed by atoms with E-state index in [0.717, 1.165) is 5.69 Å². The normalized spacial score (nSPS) is 19.7. The largest absolute Gasteiger partial charge is 0.269 e. The molecule has 96 valence electrons. The Bertz CT molecular complexity index is 675. The molecule has 3 heteroatoms. The topological polar surface area (TPSA) is 30.2 Å². The van der Waals surface area contributed by atoms with Crippen molar-refractivity contribution in [2.24, 2.45) is 4.99 Å². The van der Waals surface area contributed by atoms with Crippen LogP contribution in [0, 0.1) is 0 Å². The summed E-state index contributed by atoms with van der Waals surface area (Å²) in [5.41, 5.74) is 4.87. The van der Waals surface area contributed by atoms with Crippen LogP contribution in [0.3, 0.4) is 0 Å². The van der Waals surface area contributed by atoms with Crippen LogP contribution < -0.4 is 0 Å². The Kier molecular flexibility index (Phi) is 2.06. The average molecular weight is 251 g/mol. The Morgan fingerprint density at radius 3 is 2.84 bits per heavy atom. The maximum Gasteiger partial charge on any atom is 0.0673 e. The lowest BCUT2D eigenvalue weighted by Gasteiger charge is -2.15. The molecule has 1 aliphatic heterocycles. The SMILES string of the molecule is CC1(C)C=Nc2cc(-c3cnn(C4CC4)c3)ccc21. The van der Waals surface area contributed by atoms with E-state index in [9.17, 15) is 0 Å². The predicted molar refractivity (Wildman–Crippen MR) is 77.1 cm³/mol. The van der Waals surface area contributed by atoms with Crippen LogP contribution in [0.25, 0.3) is 11.1 Å². The smallest absolute Gasteiger partial charge is 0.0673 e. The number of hydrogen-bond acceptors (Lipinski definition) is 2. The number of hydrogen-bond donors (Lipinski definition) is 0. The van der Waals surface area contributed by atoms with Gasteiger partial charge in [-0.1, -0.05) is 26.0 Å². The number of rotatable bonds is 2. The molecule has 2 aromatic rings. The second kappa shape index (κ2) is 3.56. The number of aliphatic imine (C=N–C) groups is 1. The van der Waals surface area contributed by atoms with Gasteiger partial charge >= 0.3 is 0 Å². The van der Waals surface area contributed by atoms with Crippen molar-refractivity contribution in [2.45, 2.75) is 38.1 Å². The van der Waals surface area contributed by atoms with Crippen LogP contribution in [0.2, 0.25) is 0 Å². The van der Waals surface area contributed by atoms with Crippen molar-refractivity contribution in [3.63, 3.8) is 0 Å². The van der Waals surface area contributed by atoms with Crippen molar-refractivity contribution < 1.29 is 0 Å². The van der Waals surface area contributed by atoms with Crippen LogP contribution in [-0.2, 0) is 5.41 Å². The van der Waals surface area contributed by atoms with Crippen LogP contribution >= 0.6 is 0 Å². The van der Waals surface area contributed by atoms with E-state index in [1.807, 2.05) is 12.4 Å². The monoisotopic (exact) mass is 251 g/mol. The first-order chi connectivity index (χ1) is 9.13. The van der Waals surface area contributed by atoms with E-state index in [1.165, 1.54) is 29.5 Å². The molecule has 1 fully saturated rings. The van der Waals surface area contributed by atoms with Gasteiger partial charge in [0.2, 0.25) is 0 Å². The first-order valence-corrected chi connectivity index (χ1v) is 6.88.